The molecule has 114 valence electrons. The second-order valence-corrected chi connectivity index (χ2v) is 8.15. The molecule has 0 amide bonds. The van der Waals surface area contributed by atoms with E-state index in [1.165, 1.54) is 30.6 Å². The largest absolute Gasteiger partial charge is 0.399 e. The van der Waals surface area contributed by atoms with E-state index >= 15 is 0 Å². The molecule has 2 N–H and O–H groups in total. The van der Waals surface area contributed by atoms with Crippen LogP contribution in [0.15, 0.2) is 18.2 Å². The normalized spacial score (nSPS) is 23.0. The predicted molar refractivity (Wildman–Crippen MR) is 93.0 cm³/mol. The highest BCUT2D eigenvalue weighted by molar-refractivity contribution is 7.99. The lowest BCUT2D eigenvalue weighted by Gasteiger charge is -2.27. The lowest BCUT2D eigenvalue weighted by Crippen LogP contribution is -2.25. The van der Waals surface area contributed by atoms with Crippen LogP contribution >= 0.6 is 11.8 Å². The maximum absolute atomic E-state index is 5.95. The van der Waals surface area contributed by atoms with Gasteiger partial charge in [-0.25, -0.2) is 4.98 Å². The quantitative estimate of drug-likeness (QED) is 0.838. The molecule has 0 radical (unpaired) electrons. The first kappa shape index (κ1) is 14.8. The summed E-state index contributed by atoms with van der Waals surface area (Å²) in [4.78, 5) is 4.93. The van der Waals surface area contributed by atoms with Gasteiger partial charge in [0.2, 0.25) is 0 Å². The van der Waals surface area contributed by atoms with E-state index in [1.54, 1.807) is 0 Å². The molecular formula is C17H25N3S. The monoisotopic (exact) mass is 303 g/mol. The maximum atomic E-state index is 5.95. The zero-order valence-electron chi connectivity index (χ0n) is 13.4. The van der Waals surface area contributed by atoms with Crippen molar-refractivity contribution in [1.29, 1.82) is 0 Å². The molecule has 2 atom stereocenters. The maximum Gasteiger partial charge on any atom is 0.115 e. The average molecular weight is 303 g/mol. The fourth-order valence-corrected chi connectivity index (χ4v) is 4.43. The predicted octanol–water partition coefficient (Wildman–Crippen LogP) is 4.37. The van der Waals surface area contributed by atoms with Crippen molar-refractivity contribution in [2.45, 2.75) is 56.7 Å². The van der Waals surface area contributed by atoms with Crippen LogP contribution < -0.4 is 5.73 Å². The van der Waals surface area contributed by atoms with Crippen LogP contribution in [0.25, 0.3) is 11.0 Å². The van der Waals surface area contributed by atoms with Crippen molar-refractivity contribution in [2.24, 2.45) is 0 Å². The van der Waals surface area contributed by atoms with Crippen molar-refractivity contribution in [3.63, 3.8) is 0 Å². The Hall–Kier alpha value is -1.16. The number of imidazole rings is 1. The zero-order valence-corrected chi connectivity index (χ0v) is 14.2. The molecule has 1 fully saturated rings. The van der Waals surface area contributed by atoms with Gasteiger partial charge < -0.3 is 10.3 Å². The number of rotatable bonds is 2. The molecule has 0 bridgehead atoms. The Morgan fingerprint density at radius 1 is 1.29 bits per heavy atom. The van der Waals surface area contributed by atoms with Gasteiger partial charge in [0.05, 0.1) is 11.0 Å². The van der Waals surface area contributed by atoms with Crippen molar-refractivity contribution in [2.75, 3.05) is 12.0 Å². The Morgan fingerprint density at radius 2 is 2.05 bits per heavy atom. The van der Waals surface area contributed by atoms with Gasteiger partial charge in [0.25, 0.3) is 0 Å². The SMILES string of the molecule is CSC1CCCC1n1c(C(C)(C)C)nc2cc(N)ccc21. The van der Waals surface area contributed by atoms with Crippen molar-refractivity contribution in [1.82, 2.24) is 9.55 Å². The van der Waals surface area contributed by atoms with Gasteiger partial charge in [0.1, 0.15) is 5.82 Å². The Labute approximate surface area is 131 Å². The molecule has 1 heterocycles. The first-order chi connectivity index (χ1) is 9.91. The zero-order chi connectivity index (χ0) is 15.2. The van der Waals surface area contributed by atoms with Crippen molar-refractivity contribution in [3.05, 3.63) is 24.0 Å². The number of hydrogen-bond donors (Lipinski definition) is 1. The van der Waals surface area contributed by atoms with Gasteiger partial charge in [-0.2, -0.15) is 11.8 Å². The summed E-state index contributed by atoms with van der Waals surface area (Å²) in [5.74, 6) is 1.19. The number of fused-ring (bicyclic) bond motifs is 1. The molecule has 1 aromatic carbocycles. The first-order valence-corrected chi connectivity index (χ1v) is 9.01. The minimum atomic E-state index is 0.0410. The van der Waals surface area contributed by atoms with Crippen LogP contribution in [-0.2, 0) is 5.41 Å². The topological polar surface area (TPSA) is 43.8 Å². The van der Waals surface area contributed by atoms with E-state index in [0.717, 1.165) is 11.2 Å². The van der Waals surface area contributed by atoms with E-state index in [-0.39, 0.29) is 5.41 Å². The second-order valence-electron chi connectivity index (χ2n) is 7.08. The van der Waals surface area contributed by atoms with E-state index < -0.39 is 0 Å². The number of hydrogen-bond acceptors (Lipinski definition) is 3. The molecule has 2 aromatic rings. The highest BCUT2D eigenvalue weighted by Crippen LogP contribution is 2.41. The number of benzene rings is 1. The number of nitrogens with two attached hydrogens (primary N) is 1. The third kappa shape index (κ3) is 2.54. The molecule has 1 aromatic heterocycles. The van der Waals surface area contributed by atoms with Gasteiger partial charge in [-0.05, 0) is 37.3 Å². The van der Waals surface area contributed by atoms with Crippen LogP contribution in [0.3, 0.4) is 0 Å². The van der Waals surface area contributed by atoms with Crippen LogP contribution in [0.4, 0.5) is 5.69 Å². The van der Waals surface area contributed by atoms with E-state index in [2.05, 4.69) is 37.7 Å². The van der Waals surface area contributed by atoms with Crippen LogP contribution in [0.1, 0.15) is 51.9 Å². The molecule has 1 aliphatic rings. The van der Waals surface area contributed by atoms with Gasteiger partial charge in [0.15, 0.2) is 0 Å². The molecule has 1 saturated carbocycles. The summed E-state index contributed by atoms with van der Waals surface area (Å²) in [5, 5.41) is 0.695. The number of nitrogen functional groups attached to an aromatic ring is 1. The summed E-state index contributed by atoms with van der Waals surface area (Å²) in [6.45, 7) is 6.74. The third-order valence-electron chi connectivity index (χ3n) is 4.44. The molecule has 21 heavy (non-hydrogen) atoms. The first-order valence-electron chi connectivity index (χ1n) is 7.72. The number of thioether (sulfide) groups is 1. The van der Waals surface area contributed by atoms with E-state index in [1.807, 2.05) is 23.9 Å². The van der Waals surface area contributed by atoms with Gasteiger partial charge in [-0.3, -0.25) is 0 Å². The minimum absolute atomic E-state index is 0.0410. The second kappa shape index (κ2) is 5.24. The summed E-state index contributed by atoms with van der Waals surface area (Å²) < 4.78 is 2.50. The Morgan fingerprint density at radius 3 is 2.71 bits per heavy atom. The number of aromatic nitrogens is 2. The molecular weight excluding hydrogens is 278 g/mol. The van der Waals surface area contributed by atoms with Crippen LogP contribution in [0.2, 0.25) is 0 Å². The standard InChI is InChI=1S/C17H25N3S/c1-17(2,3)16-19-12-10-11(18)8-9-13(12)20(16)14-6-5-7-15(14)21-4/h8-10,14-15H,5-7,18H2,1-4H3. The fourth-order valence-electron chi connectivity index (χ4n) is 3.46. The van der Waals surface area contributed by atoms with Crippen molar-refractivity contribution < 1.29 is 0 Å². The van der Waals surface area contributed by atoms with Crippen LogP contribution in [-0.4, -0.2) is 21.1 Å². The molecule has 4 heteroatoms. The average Bonchev–Trinajstić information content (AvgIpc) is 2.99. The van der Waals surface area contributed by atoms with E-state index in [0.29, 0.717) is 11.3 Å². The third-order valence-corrected chi connectivity index (χ3v) is 5.59. The molecule has 3 rings (SSSR count). The van der Waals surface area contributed by atoms with Crippen molar-refractivity contribution >= 4 is 28.5 Å². The van der Waals surface area contributed by atoms with Gasteiger partial charge >= 0.3 is 0 Å². The molecule has 0 saturated heterocycles. The Kier molecular flexibility index (Phi) is 3.68. The highest BCUT2D eigenvalue weighted by atomic mass is 32.2. The summed E-state index contributed by atoms with van der Waals surface area (Å²) in [6, 6.07) is 6.70. The Balaban J connectivity index is 2.23. The molecule has 2 unspecified atom stereocenters. The van der Waals surface area contributed by atoms with Gasteiger partial charge in [-0.1, -0.05) is 27.2 Å². The summed E-state index contributed by atoms with van der Waals surface area (Å²) >= 11 is 2.00. The van der Waals surface area contributed by atoms with Crippen LogP contribution in [0.5, 0.6) is 0 Å². The number of nitrogens with zero attached hydrogens (tertiary/aromatic N) is 2. The molecule has 1 aliphatic carbocycles. The lowest BCUT2D eigenvalue weighted by molar-refractivity contribution is 0.451. The molecule has 0 spiro atoms. The smallest absolute Gasteiger partial charge is 0.115 e. The van der Waals surface area contributed by atoms with Gasteiger partial charge in [-0.15, -0.1) is 0 Å². The van der Waals surface area contributed by atoms with E-state index in [4.69, 9.17) is 10.7 Å². The molecule has 0 aliphatic heterocycles. The fraction of sp³-hybridized carbons (Fsp3) is 0.588. The molecule has 3 nitrogen and oxygen atoms in total. The number of anilines is 1. The van der Waals surface area contributed by atoms with Crippen LogP contribution in [0, 0.1) is 0 Å². The lowest BCUT2D eigenvalue weighted by atomic mass is 9.95. The summed E-state index contributed by atoms with van der Waals surface area (Å²) in [7, 11) is 0. The summed E-state index contributed by atoms with van der Waals surface area (Å²) in [5.41, 5.74) is 9.05. The summed E-state index contributed by atoms with van der Waals surface area (Å²) in [6.07, 6.45) is 6.11. The Bertz CT molecular complexity index is 654. The highest BCUT2D eigenvalue weighted by Gasteiger charge is 2.33. The van der Waals surface area contributed by atoms with Gasteiger partial charge in [0, 0.05) is 22.4 Å². The van der Waals surface area contributed by atoms with Crippen molar-refractivity contribution in [3.8, 4) is 0 Å². The van der Waals surface area contributed by atoms with E-state index in [9.17, 15) is 0 Å². The minimum Gasteiger partial charge on any atom is -0.399 e.